The normalized spacial score (nSPS) is 24.9. The molecule has 0 aromatic heterocycles. The molecule has 20 heavy (non-hydrogen) atoms. The molecule has 0 aromatic carbocycles. The van der Waals surface area contributed by atoms with Gasteiger partial charge in [0.1, 0.15) is 0 Å². The number of rotatable bonds is 7. The first-order valence-corrected chi connectivity index (χ1v) is 8.05. The summed E-state index contributed by atoms with van der Waals surface area (Å²) in [6.07, 6.45) is 6.71. The van der Waals surface area contributed by atoms with E-state index in [1.165, 1.54) is 19.3 Å². The van der Waals surface area contributed by atoms with E-state index in [1.54, 1.807) is 0 Å². The number of nitrogens with zero attached hydrogens (tertiary/aromatic N) is 1. The summed E-state index contributed by atoms with van der Waals surface area (Å²) >= 11 is 0. The van der Waals surface area contributed by atoms with Crippen LogP contribution in [0.1, 0.15) is 45.4 Å². The molecule has 0 aromatic rings. The third kappa shape index (κ3) is 4.72. The predicted molar refractivity (Wildman–Crippen MR) is 77.4 cm³/mol. The van der Waals surface area contributed by atoms with Crippen LogP contribution in [0.5, 0.6) is 0 Å². The fraction of sp³-hybridized carbons (Fsp3) is 0.933. The van der Waals surface area contributed by atoms with E-state index < -0.39 is 0 Å². The summed E-state index contributed by atoms with van der Waals surface area (Å²) in [6.45, 7) is 5.76. The Labute approximate surface area is 122 Å². The van der Waals surface area contributed by atoms with Gasteiger partial charge in [-0.1, -0.05) is 26.2 Å². The molecule has 2 aliphatic heterocycles. The lowest BCUT2D eigenvalue weighted by Gasteiger charge is -2.37. The first-order valence-electron chi connectivity index (χ1n) is 8.05. The summed E-state index contributed by atoms with van der Waals surface area (Å²) in [5.74, 6) is 0.131. The van der Waals surface area contributed by atoms with Crippen LogP contribution in [-0.4, -0.2) is 56.0 Å². The third-order valence-corrected chi connectivity index (χ3v) is 4.08. The highest BCUT2D eigenvalue weighted by Crippen LogP contribution is 2.23. The maximum absolute atomic E-state index is 12.0. The second kappa shape index (κ2) is 8.60. The van der Waals surface area contributed by atoms with Gasteiger partial charge in [0.15, 0.2) is 6.29 Å². The van der Waals surface area contributed by atoms with E-state index in [0.29, 0.717) is 19.8 Å². The topological polar surface area (TPSA) is 50.8 Å². The van der Waals surface area contributed by atoms with Crippen molar-refractivity contribution in [3.8, 4) is 0 Å². The molecule has 1 unspecified atom stereocenters. The van der Waals surface area contributed by atoms with Crippen molar-refractivity contribution < 1.29 is 14.3 Å². The minimum absolute atomic E-state index is 0.131. The lowest BCUT2D eigenvalue weighted by Crippen LogP contribution is -2.51. The highest BCUT2D eigenvalue weighted by molar-refractivity contribution is 5.78. The molecule has 116 valence electrons. The van der Waals surface area contributed by atoms with Crippen molar-refractivity contribution in [2.24, 2.45) is 0 Å². The average Bonchev–Trinajstić information content (AvgIpc) is 2.98. The van der Waals surface area contributed by atoms with Gasteiger partial charge >= 0.3 is 0 Å². The number of piperidine rings is 1. The van der Waals surface area contributed by atoms with Crippen LogP contribution in [0.2, 0.25) is 0 Å². The van der Waals surface area contributed by atoms with E-state index in [9.17, 15) is 4.79 Å². The maximum atomic E-state index is 12.0. The number of hydrogen-bond acceptors (Lipinski definition) is 4. The fourth-order valence-corrected chi connectivity index (χ4v) is 2.96. The Balaban J connectivity index is 1.74. The smallest absolute Gasteiger partial charge is 0.234 e. The number of likely N-dealkylation sites (tertiary alicyclic amines) is 1. The van der Waals surface area contributed by atoms with Gasteiger partial charge in [0.2, 0.25) is 5.91 Å². The molecule has 1 atom stereocenters. The SMILES string of the molecule is CCCCCNC(=O)CN1CCCCC1C1OCCO1. The Morgan fingerprint density at radius 1 is 1.25 bits per heavy atom. The quantitative estimate of drug-likeness (QED) is 0.720. The number of amides is 1. The summed E-state index contributed by atoms with van der Waals surface area (Å²) in [5, 5.41) is 3.01. The number of hydrogen-bond donors (Lipinski definition) is 1. The highest BCUT2D eigenvalue weighted by atomic mass is 16.7. The van der Waals surface area contributed by atoms with Crippen LogP contribution in [0.4, 0.5) is 0 Å². The van der Waals surface area contributed by atoms with Crippen LogP contribution in [0.15, 0.2) is 0 Å². The predicted octanol–water partition coefficient (Wildman–Crippen LogP) is 1.52. The second-order valence-electron chi connectivity index (χ2n) is 5.70. The molecule has 1 N–H and O–H groups in total. The molecule has 5 nitrogen and oxygen atoms in total. The lowest BCUT2D eigenvalue weighted by molar-refractivity contribution is -0.131. The Morgan fingerprint density at radius 2 is 2.05 bits per heavy atom. The van der Waals surface area contributed by atoms with Crippen molar-refractivity contribution in [3.63, 3.8) is 0 Å². The second-order valence-corrected chi connectivity index (χ2v) is 5.70. The molecule has 2 saturated heterocycles. The summed E-state index contributed by atoms with van der Waals surface area (Å²) in [5.41, 5.74) is 0. The van der Waals surface area contributed by atoms with E-state index in [4.69, 9.17) is 9.47 Å². The van der Waals surface area contributed by atoms with Gasteiger partial charge in [0.25, 0.3) is 0 Å². The van der Waals surface area contributed by atoms with Crippen molar-refractivity contribution in [1.82, 2.24) is 10.2 Å². The zero-order chi connectivity index (χ0) is 14.2. The van der Waals surface area contributed by atoms with Crippen LogP contribution < -0.4 is 5.32 Å². The van der Waals surface area contributed by atoms with Gasteiger partial charge in [-0.25, -0.2) is 0 Å². The standard InChI is InChI=1S/C15H28N2O3/c1-2-3-5-8-16-14(18)12-17-9-6-4-7-13(17)15-19-10-11-20-15/h13,15H,2-12H2,1H3,(H,16,18). The number of nitrogens with one attached hydrogen (secondary N) is 1. The number of unbranched alkanes of at least 4 members (excludes halogenated alkanes) is 2. The largest absolute Gasteiger partial charge is 0.355 e. The lowest BCUT2D eigenvalue weighted by atomic mass is 10.0. The van der Waals surface area contributed by atoms with Gasteiger partial charge < -0.3 is 14.8 Å². The molecular weight excluding hydrogens is 256 g/mol. The maximum Gasteiger partial charge on any atom is 0.234 e. The van der Waals surface area contributed by atoms with E-state index in [0.717, 1.165) is 32.4 Å². The summed E-state index contributed by atoms with van der Waals surface area (Å²) < 4.78 is 11.2. The van der Waals surface area contributed by atoms with Gasteiger partial charge in [0, 0.05) is 6.54 Å². The van der Waals surface area contributed by atoms with Gasteiger partial charge in [0.05, 0.1) is 25.8 Å². The molecule has 2 rings (SSSR count). The van der Waals surface area contributed by atoms with Gasteiger partial charge in [-0.15, -0.1) is 0 Å². The minimum atomic E-state index is -0.136. The molecular formula is C15H28N2O3. The molecule has 0 spiro atoms. The van der Waals surface area contributed by atoms with Gasteiger partial charge in [-0.2, -0.15) is 0 Å². The molecule has 2 heterocycles. The van der Waals surface area contributed by atoms with Crippen LogP contribution in [-0.2, 0) is 14.3 Å². The van der Waals surface area contributed by atoms with Crippen molar-refractivity contribution in [2.75, 3.05) is 32.8 Å². The van der Waals surface area contributed by atoms with E-state index in [-0.39, 0.29) is 18.2 Å². The van der Waals surface area contributed by atoms with E-state index in [1.807, 2.05) is 0 Å². The van der Waals surface area contributed by atoms with Crippen LogP contribution in [0, 0.1) is 0 Å². The molecule has 0 saturated carbocycles. The van der Waals surface area contributed by atoms with Crippen molar-refractivity contribution in [2.45, 2.75) is 57.8 Å². The molecule has 0 bridgehead atoms. The molecule has 0 aliphatic carbocycles. The Morgan fingerprint density at radius 3 is 2.80 bits per heavy atom. The van der Waals surface area contributed by atoms with Gasteiger partial charge in [-0.3, -0.25) is 9.69 Å². The van der Waals surface area contributed by atoms with Crippen LogP contribution >= 0.6 is 0 Å². The molecule has 2 aliphatic rings. The number of carbonyl (C=O) groups excluding carboxylic acids is 1. The van der Waals surface area contributed by atoms with E-state index in [2.05, 4.69) is 17.1 Å². The monoisotopic (exact) mass is 284 g/mol. The summed E-state index contributed by atoms with van der Waals surface area (Å²) in [4.78, 5) is 14.2. The average molecular weight is 284 g/mol. The van der Waals surface area contributed by atoms with Crippen molar-refractivity contribution in [1.29, 1.82) is 0 Å². The fourth-order valence-electron chi connectivity index (χ4n) is 2.96. The first kappa shape index (κ1) is 15.7. The van der Waals surface area contributed by atoms with Crippen molar-refractivity contribution in [3.05, 3.63) is 0 Å². The zero-order valence-corrected chi connectivity index (χ0v) is 12.6. The van der Waals surface area contributed by atoms with Crippen molar-refractivity contribution >= 4 is 5.91 Å². The van der Waals surface area contributed by atoms with E-state index >= 15 is 0 Å². The molecule has 5 heteroatoms. The highest BCUT2D eigenvalue weighted by Gasteiger charge is 2.34. The molecule has 1 amide bonds. The van der Waals surface area contributed by atoms with Crippen LogP contribution in [0.3, 0.4) is 0 Å². The number of carbonyl (C=O) groups is 1. The molecule has 2 fully saturated rings. The summed E-state index contributed by atoms with van der Waals surface area (Å²) in [6, 6.07) is 0.243. The van der Waals surface area contributed by atoms with Crippen LogP contribution in [0.25, 0.3) is 0 Å². The van der Waals surface area contributed by atoms with Gasteiger partial charge in [-0.05, 0) is 25.8 Å². The minimum Gasteiger partial charge on any atom is -0.355 e. The zero-order valence-electron chi connectivity index (χ0n) is 12.6. The Bertz CT molecular complexity index is 293. The Hall–Kier alpha value is -0.650. The number of ether oxygens (including phenoxy) is 2. The molecule has 0 radical (unpaired) electrons. The summed E-state index contributed by atoms with van der Waals surface area (Å²) in [7, 11) is 0. The third-order valence-electron chi connectivity index (χ3n) is 4.08. The first-order chi connectivity index (χ1) is 9.81. The Kier molecular flexibility index (Phi) is 6.76.